The Bertz CT molecular complexity index is 982. The number of rotatable bonds is 11. The second-order valence-electron chi connectivity index (χ2n) is 10.6. The van der Waals surface area contributed by atoms with E-state index in [1.807, 2.05) is 12.1 Å². The summed E-state index contributed by atoms with van der Waals surface area (Å²) in [5.74, 6) is 6.41. The van der Waals surface area contributed by atoms with Crippen LogP contribution in [0.3, 0.4) is 0 Å². The van der Waals surface area contributed by atoms with Crippen molar-refractivity contribution in [2.45, 2.75) is 44.4 Å². The van der Waals surface area contributed by atoms with Crippen LogP contribution in [0, 0.1) is 11.8 Å². The number of hydrazone groups is 1. The molecule has 208 valence electrons. The van der Waals surface area contributed by atoms with Crippen LogP contribution in [0.15, 0.2) is 34.4 Å². The Morgan fingerprint density at radius 2 is 1.82 bits per heavy atom. The van der Waals surface area contributed by atoms with Gasteiger partial charge in [0.1, 0.15) is 5.71 Å². The van der Waals surface area contributed by atoms with Crippen molar-refractivity contribution in [3.63, 3.8) is 0 Å². The minimum absolute atomic E-state index is 0.167. The molecule has 38 heavy (non-hydrogen) atoms. The lowest BCUT2D eigenvalue weighted by Gasteiger charge is -2.41. The molecule has 0 spiro atoms. The summed E-state index contributed by atoms with van der Waals surface area (Å²) in [4.78, 5) is 33.3. The van der Waals surface area contributed by atoms with E-state index in [1.54, 1.807) is 6.21 Å². The lowest BCUT2D eigenvalue weighted by molar-refractivity contribution is -0.134. The predicted octanol–water partition coefficient (Wildman–Crippen LogP) is 1.50. The van der Waals surface area contributed by atoms with Crippen molar-refractivity contribution in [3.8, 4) is 0 Å². The Morgan fingerprint density at radius 3 is 2.50 bits per heavy atom. The van der Waals surface area contributed by atoms with Crippen LogP contribution in [0.1, 0.15) is 50.0 Å². The quantitative estimate of drug-likeness (QED) is 0.131. The Labute approximate surface area is 225 Å². The molecule has 0 radical (unpaired) electrons. The van der Waals surface area contributed by atoms with Gasteiger partial charge in [0, 0.05) is 44.5 Å². The molecule has 1 unspecified atom stereocenters. The normalized spacial score (nSPS) is 22.8. The highest BCUT2D eigenvalue weighted by atomic mass is 16.5. The van der Waals surface area contributed by atoms with E-state index in [9.17, 15) is 9.59 Å². The van der Waals surface area contributed by atoms with E-state index in [-0.39, 0.29) is 17.7 Å². The van der Waals surface area contributed by atoms with Crippen LogP contribution in [-0.2, 0) is 14.3 Å². The number of amides is 2. The first-order valence-corrected chi connectivity index (χ1v) is 14.0. The van der Waals surface area contributed by atoms with Crippen molar-refractivity contribution in [1.29, 1.82) is 0 Å². The van der Waals surface area contributed by atoms with Gasteiger partial charge in [-0.05, 0) is 74.7 Å². The summed E-state index contributed by atoms with van der Waals surface area (Å²) in [5, 5.41) is 6.20. The average molecular weight is 526 g/mol. The zero-order valence-corrected chi connectivity index (χ0v) is 22.4. The smallest absolute Gasteiger partial charge is 0.234 e. The molecule has 4 rings (SSSR count). The molecular weight excluding hydrogens is 482 g/mol. The van der Waals surface area contributed by atoms with Gasteiger partial charge in [0.2, 0.25) is 11.8 Å². The van der Waals surface area contributed by atoms with Gasteiger partial charge in [0.25, 0.3) is 0 Å². The number of imide groups is 1. The maximum absolute atomic E-state index is 12.3. The van der Waals surface area contributed by atoms with Gasteiger partial charge in [-0.25, -0.2) is 0 Å². The summed E-state index contributed by atoms with van der Waals surface area (Å²) >= 11 is 0. The zero-order chi connectivity index (χ0) is 26.7. The number of benzene rings is 1. The topological polar surface area (TPSA) is 139 Å². The van der Waals surface area contributed by atoms with Crippen molar-refractivity contribution in [3.05, 3.63) is 29.8 Å². The minimum Gasteiger partial charge on any atom is -0.374 e. The molecule has 1 atom stereocenters. The standard InChI is InChI=1S/C28H43N7O3/c29-10-17-38-20-24(33-30)19-31-11-16-34-12-6-21(7-13-34)22-8-14-35(15-9-22)25-3-1-2-23(18-25)26-4-5-27(36)32-28(26)37/h1-3,18-19,21-22,26H,4-17,20,29-30H2,(H,32,36,37)/b31-19?,33-24+. The monoisotopic (exact) mass is 525 g/mol. The molecule has 3 heterocycles. The molecule has 3 fully saturated rings. The van der Waals surface area contributed by atoms with Crippen LogP contribution in [0.2, 0.25) is 0 Å². The van der Waals surface area contributed by atoms with Gasteiger partial charge in [-0.1, -0.05) is 12.1 Å². The highest BCUT2D eigenvalue weighted by Gasteiger charge is 2.31. The highest BCUT2D eigenvalue weighted by molar-refractivity contribution is 6.31. The lowest BCUT2D eigenvalue weighted by atomic mass is 9.78. The summed E-state index contributed by atoms with van der Waals surface area (Å²) in [6, 6.07) is 8.35. The molecule has 10 heteroatoms. The molecule has 1 aromatic carbocycles. The number of hydrogen-bond donors (Lipinski definition) is 3. The van der Waals surface area contributed by atoms with Crippen LogP contribution in [0.4, 0.5) is 5.69 Å². The van der Waals surface area contributed by atoms with Gasteiger partial charge in [0.05, 0.1) is 25.7 Å². The maximum atomic E-state index is 12.3. The third kappa shape index (κ3) is 7.85. The van der Waals surface area contributed by atoms with Crippen molar-refractivity contribution >= 4 is 29.4 Å². The molecule has 1 aromatic rings. The Kier molecular flexibility index (Phi) is 10.7. The van der Waals surface area contributed by atoms with Crippen LogP contribution >= 0.6 is 0 Å². The Morgan fingerprint density at radius 1 is 1.08 bits per heavy atom. The summed E-state index contributed by atoms with van der Waals surface area (Å²) in [7, 11) is 0. The van der Waals surface area contributed by atoms with E-state index in [0.29, 0.717) is 38.3 Å². The van der Waals surface area contributed by atoms with Crippen LogP contribution in [-0.4, -0.2) is 87.7 Å². The Balaban J connectivity index is 1.17. The fourth-order valence-corrected chi connectivity index (χ4v) is 5.96. The molecule has 3 aliphatic rings. The molecular formula is C28H43N7O3. The third-order valence-corrected chi connectivity index (χ3v) is 8.18. The minimum atomic E-state index is -0.229. The number of likely N-dealkylation sites (tertiary alicyclic amines) is 1. The van der Waals surface area contributed by atoms with Gasteiger partial charge < -0.3 is 26.1 Å². The number of anilines is 1. The zero-order valence-electron chi connectivity index (χ0n) is 22.4. The van der Waals surface area contributed by atoms with E-state index in [4.69, 9.17) is 16.3 Å². The number of nitrogens with one attached hydrogen (secondary N) is 1. The van der Waals surface area contributed by atoms with Gasteiger partial charge in [-0.15, -0.1) is 0 Å². The summed E-state index contributed by atoms with van der Waals surface area (Å²) in [6.45, 7) is 7.35. The van der Waals surface area contributed by atoms with Gasteiger partial charge in [-0.2, -0.15) is 5.10 Å². The fourth-order valence-electron chi connectivity index (χ4n) is 5.96. The third-order valence-electron chi connectivity index (χ3n) is 8.18. The Hall–Kier alpha value is -2.82. The van der Waals surface area contributed by atoms with Crippen molar-refractivity contribution in [2.24, 2.45) is 33.5 Å². The maximum Gasteiger partial charge on any atom is 0.234 e. The molecule has 2 amide bonds. The van der Waals surface area contributed by atoms with Gasteiger partial charge in [0.15, 0.2) is 0 Å². The number of nitrogens with two attached hydrogens (primary N) is 2. The molecule has 0 bridgehead atoms. The summed E-state index contributed by atoms with van der Waals surface area (Å²) in [6.07, 6.45) is 7.64. The van der Waals surface area contributed by atoms with Gasteiger partial charge >= 0.3 is 0 Å². The molecule has 0 saturated carbocycles. The number of piperidine rings is 3. The summed E-state index contributed by atoms with van der Waals surface area (Å²) in [5.41, 5.74) is 8.26. The molecule has 0 aromatic heterocycles. The van der Waals surface area contributed by atoms with Crippen LogP contribution < -0.4 is 21.8 Å². The molecule has 3 aliphatic heterocycles. The van der Waals surface area contributed by atoms with E-state index in [0.717, 1.165) is 56.7 Å². The predicted molar refractivity (Wildman–Crippen MR) is 151 cm³/mol. The number of aliphatic imine (C=N–C) groups is 1. The lowest BCUT2D eigenvalue weighted by Crippen LogP contribution is -2.41. The largest absolute Gasteiger partial charge is 0.374 e. The van der Waals surface area contributed by atoms with Crippen molar-refractivity contribution < 1.29 is 14.3 Å². The van der Waals surface area contributed by atoms with E-state index < -0.39 is 0 Å². The molecule has 3 saturated heterocycles. The summed E-state index contributed by atoms with van der Waals surface area (Å²) < 4.78 is 5.36. The fraction of sp³-hybridized carbons (Fsp3) is 0.643. The SMILES string of the molecule is NCCOC/C(C=NCCN1CCC(C2CCN(c3cccc(C4CCC(=O)NC4=O)c3)CC2)CC1)=N/N. The molecule has 0 aliphatic carbocycles. The number of hydrogen-bond acceptors (Lipinski definition) is 9. The van der Waals surface area contributed by atoms with E-state index >= 15 is 0 Å². The van der Waals surface area contributed by atoms with E-state index in [1.165, 1.54) is 31.4 Å². The first-order valence-electron chi connectivity index (χ1n) is 14.0. The first kappa shape index (κ1) is 28.2. The number of carbonyl (C=O) groups is 2. The number of nitrogens with zero attached hydrogens (tertiary/aromatic N) is 4. The first-order chi connectivity index (χ1) is 18.6. The van der Waals surface area contributed by atoms with Crippen LogP contribution in [0.5, 0.6) is 0 Å². The number of carbonyl (C=O) groups excluding carboxylic acids is 2. The molecule has 10 nitrogen and oxygen atoms in total. The average Bonchev–Trinajstić information content (AvgIpc) is 2.95. The highest BCUT2D eigenvalue weighted by Crippen LogP contribution is 2.35. The van der Waals surface area contributed by atoms with Crippen molar-refractivity contribution in [2.75, 3.05) is 63.9 Å². The van der Waals surface area contributed by atoms with Crippen molar-refractivity contribution in [1.82, 2.24) is 10.2 Å². The van der Waals surface area contributed by atoms with E-state index in [2.05, 4.69) is 37.3 Å². The second kappa shape index (κ2) is 14.4. The molecule has 5 N–H and O–H groups in total. The number of ether oxygens (including phenoxy) is 1. The second-order valence-corrected chi connectivity index (χ2v) is 10.6. The van der Waals surface area contributed by atoms with Crippen LogP contribution in [0.25, 0.3) is 0 Å². The van der Waals surface area contributed by atoms with Gasteiger partial charge in [-0.3, -0.25) is 19.9 Å².